The van der Waals surface area contributed by atoms with Crippen LogP contribution >= 0.6 is 11.6 Å². The van der Waals surface area contributed by atoms with E-state index in [1.807, 2.05) is 47.3 Å². The number of aromatic nitrogens is 3. The average molecular weight is 502 g/mol. The summed E-state index contributed by atoms with van der Waals surface area (Å²) in [5.41, 5.74) is 4.26. The normalized spacial score (nSPS) is 12.0. The molecule has 0 fully saturated rings. The minimum Gasteiger partial charge on any atom is -0.487 e. The molecule has 2 heterocycles. The van der Waals surface area contributed by atoms with Crippen LogP contribution in [0.25, 0.3) is 22.0 Å². The number of hydrogen-bond donors (Lipinski definition) is 2. The van der Waals surface area contributed by atoms with Crippen LogP contribution in [-0.2, 0) is 13.2 Å². The predicted molar refractivity (Wildman–Crippen MR) is 140 cm³/mol. The first-order valence-corrected chi connectivity index (χ1v) is 11.7. The Balaban J connectivity index is 1.36. The van der Waals surface area contributed by atoms with E-state index in [0.717, 1.165) is 33.3 Å². The third-order valence-electron chi connectivity index (χ3n) is 5.62. The second-order valence-corrected chi connectivity index (χ2v) is 8.80. The van der Waals surface area contributed by atoms with Gasteiger partial charge in [-0.1, -0.05) is 29.8 Å². The van der Waals surface area contributed by atoms with Crippen LogP contribution in [0.5, 0.6) is 5.75 Å². The number of benzene rings is 3. The highest BCUT2D eigenvalue weighted by atomic mass is 35.5. The number of fused-ring (bicyclic) bond motifs is 1. The molecule has 0 bridgehead atoms. The van der Waals surface area contributed by atoms with Gasteiger partial charge in [-0.25, -0.2) is 14.4 Å². The maximum atomic E-state index is 13.4. The van der Waals surface area contributed by atoms with Gasteiger partial charge >= 0.3 is 0 Å². The highest BCUT2D eigenvalue weighted by molar-refractivity contribution is 6.32. The van der Waals surface area contributed by atoms with E-state index in [9.17, 15) is 9.50 Å². The van der Waals surface area contributed by atoms with E-state index in [4.69, 9.17) is 16.3 Å². The zero-order valence-electron chi connectivity index (χ0n) is 19.2. The van der Waals surface area contributed by atoms with E-state index in [-0.39, 0.29) is 12.4 Å². The average Bonchev–Trinajstić information content (AvgIpc) is 3.31. The molecule has 0 unspecified atom stereocenters. The second kappa shape index (κ2) is 10.4. The van der Waals surface area contributed by atoms with Gasteiger partial charge in [0.05, 0.1) is 16.6 Å². The van der Waals surface area contributed by atoms with Gasteiger partial charge in [0.2, 0.25) is 0 Å². The van der Waals surface area contributed by atoms with Gasteiger partial charge in [0.15, 0.2) is 0 Å². The molecule has 3 aromatic carbocycles. The molecule has 2 N–H and O–H groups in total. The first-order valence-electron chi connectivity index (χ1n) is 11.3. The fraction of sp³-hybridized carbons (Fsp3) is 0.107. The summed E-state index contributed by atoms with van der Waals surface area (Å²) in [5.74, 6) is 0.828. The lowest BCUT2D eigenvalue weighted by atomic mass is 10.1. The fourth-order valence-corrected chi connectivity index (χ4v) is 4.16. The van der Waals surface area contributed by atoms with Crippen molar-refractivity contribution >= 4 is 34.0 Å². The highest BCUT2D eigenvalue weighted by Gasteiger charge is 2.10. The number of aliphatic hydroxyl groups excluding tert-OH is 1. The van der Waals surface area contributed by atoms with Gasteiger partial charge in [-0.3, -0.25) is 0 Å². The fourth-order valence-electron chi connectivity index (χ4n) is 3.92. The van der Waals surface area contributed by atoms with Crippen molar-refractivity contribution in [2.75, 3.05) is 5.32 Å². The Morgan fingerprint density at radius 3 is 2.75 bits per heavy atom. The number of ether oxygens (including phenoxy) is 1. The summed E-state index contributed by atoms with van der Waals surface area (Å²) >= 11 is 6.46. The summed E-state index contributed by atoms with van der Waals surface area (Å²) < 4.78 is 21.1. The lowest BCUT2D eigenvalue weighted by molar-refractivity contribution is 0.199. The Morgan fingerprint density at radius 2 is 1.94 bits per heavy atom. The molecule has 181 valence electrons. The van der Waals surface area contributed by atoms with Crippen molar-refractivity contribution < 1.29 is 14.2 Å². The van der Waals surface area contributed by atoms with Crippen molar-refractivity contribution in [3.05, 3.63) is 109 Å². The van der Waals surface area contributed by atoms with E-state index in [2.05, 4.69) is 22.2 Å². The van der Waals surface area contributed by atoms with E-state index in [1.165, 1.54) is 18.5 Å². The lowest BCUT2D eigenvalue weighted by Gasteiger charge is -2.12. The molecule has 6 nitrogen and oxygen atoms in total. The molecule has 0 amide bonds. The molecule has 1 radical (unpaired) electrons. The Bertz CT molecular complexity index is 1520. The Hall–Kier alpha value is -3.94. The van der Waals surface area contributed by atoms with Gasteiger partial charge in [0, 0.05) is 30.0 Å². The first kappa shape index (κ1) is 23.8. The van der Waals surface area contributed by atoms with Crippen molar-refractivity contribution in [3.63, 3.8) is 0 Å². The van der Waals surface area contributed by atoms with Gasteiger partial charge in [-0.05, 0) is 72.1 Å². The molecular weight excluding hydrogens is 479 g/mol. The monoisotopic (exact) mass is 501 g/mol. The molecule has 0 aliphatic rings. The molecule has 0 saturated carbocycles. The SMILES string of the molecule is [CH2][C@H](O)Cn1ccc(-c2ccc3ncnc(Nc4ccc(OCc5cccc(F)c5)c(Cl)c4)c3c2)c1. The van der Waals surface area contributed by atoms with Crippen molar-refractivity contribution in [3.8, 4) is 16.9 Å². The topological polar surface area (TPSA) is 72.2 Å². The van der Waals surface area contributed by atoms with Crippen LogP contribution in [0.2, 0.25) is 5.02 Å². The standard InChI is InChI=1S/C28H23ClFN4O2/c1-18(35)14-34-10-9-21(15-34)20-5-7-26-24(12-20)28(32-17-31-26)33-23-6-8-27(25(29)13-23)36-16-19-3-2-4-22(30)11-19/h2-13,15,17-18,35H,1,14,16H2,(H,31,32,33)/t18-/m0/s1. The molecule has 2 aromatic heterocycles. The van der Waals surface area contributed by atoms with Crippen LogP contribution in [0, 0.1) is 12.7 Å². The number of hydrogen-bond acceptors (Lipinski definition) is 5. The van der Waals surface area contributed by atoms with Gasteiger partial charge in [-0.2, -0.15) is 0 Å². The van der Waals surface area contributed by atoms with Gasteiger partial charge < -0.3 is 19.7 Å². The number of nitrogens with one attached hydrogen (secondary N) is 1. The molecule has 1 atom stereocenters. The van der Waals surface area contributed by atoms with Gasteiger partial charge in [0.1, 0.15) is 30.3 Å². The largest absolute Gasteiger partial charge is 0.487 e. The zero-order valence-corrected chi connectivity index (χ0v) is 20.0. The number of rotatable bonds is 8. The minimum atomic E-state index is -0.670. The van der Waals surface area contributed by atoms with E-state index >= 15 is 0 Å². The number of nitrogens with zero attached hydrogens (tertiary/aromatic N) is 3. The van der Waals surface area contributed by atoms with Crippen LogP contribution in [0.4, 0.5) is 15.9 Å². The molecular formula is C28H23ClFN4O2. The Labute approximate surface area is 213 Å². The van der Waals surface area contributed by atoms with Crippen LogP contribution < -0.4 is 10.1 Å². The molecule has 36 heavy (non-hydrogen) atoms. The lowest BCUT2D eigenvalue weighted by Crippen LogP contribution is -2.09. The van der Waals surface area contributed by atoms with Crippen LogP contribution in [0.3, 0.4) is 0 Å². The molecule has 0 spiro atoms. The zero-order chi connectivity index (χ0) is 25.1. The van der Waals surface area contributed by atoms with Crippen molar-refractivity contribution in [2.24, 2.45) is 0 Å². The Morgan fingerprint density at radius 1 is 1.06 bits per heavy atom. The summed E-state index contributed by atoms with van der Waals surface area (Å²) in [6.07, 6.45) is 4.72. The summed E-state index contributed by atoms with van der Waals surface area (Å²) in [6.45, 7) is 4.26. The van der Waals surface area contributed by atoms with E-state index < -0.39 is 6.10 Å². The van der Waals surface area contributed by atoms with Gasteiger partial charge in [0.25, 0.3) is 0 Å². The van der Waals surface area contributed by atoms with E-state index in [0.29, 0.717) is 23.1 Å². The molecule has 5 rings (SSSR count). The second-order valence-electron chi connectivity index (χ2n) is 8.39. The summed E-state index contributed by atoms with van der Waals surface area (Å²) in [6, 6.07) is 19.6. The summed E-state index contributed by atoms with van der Waals surface area (Å²) in [5, 5.41) is 14.1. The van der Waals surface area contributed by atoms with Crippen LogP contribution in [0.1, 0.15) is 5.56 Å². The van der Waals surface area contributed by atoms with Gasteiger partial charge in [-0.15, -0.1) is 0 Å². The summed E-state index contributed by atoms with van der Waals surface area (Å²) in [7, 11) is 0. The van der Waals surface area contributed by atoms with Crippen molar-refractivity contribution in [2.45, 2.75) is 19.3 Å². The first-order chi connectivity index (χ1) is 17.4. The molecule has 0 aliphatic heterocycles. The Kier molecular flexibility index (Phi) is 6.84. The molecule has 8 heteroatoms. The minimum absolute atomic E-state index is 0.207. The smallest absolute Gasteiger partial charge is 0.141 e. The van der Waals surface area contributed by atoms with Crippen molar-refractivity contribution in [1.82, 2.24) is 14.5 Å². The molecule has 0 aliphatic carbocycles. The quantitative estimate of drug-likeness (QED) is 0.257. The number of aliphatic hydroxyl groups is 1. The maximum absolute atomic E-state index is 13.4. The number of anilines is 2. The van der Waals surface area contributed by atoms with E-state index in [1.54, 1.807) is 24.3 Å². The summed E-state index contributed by atoms with van der Waals surface area (Å²) in [4.78, 5) is 8.82. The highest BCUT2D eigenvalue weighted by Crippen LogP contribution is 2.32. The number of halogens is 2. The van der Waals surface area contributed by atoms with Crippen LogP contribution in [-0.4, -0.2) is 25.7 Å². The predicted octanol–water partition coefficient (Wildman–Crippen LogP) is 6.41. The van der Waals surface area contributed by atoms with Crippen molar-refractivity contribution in [1.29, 1.82) is 0 Å². The maximum Gasteiger partial charge on any atom is 0.141 e. The third kappa shape index (κ3) is 5.48. The molecule has 5 aromatic rings. The molecule has 0 saturated heterocycles. The third-order valence-corrected chi connectivity index (χ3v) is 5.91. The van der Waals surface area contributed by atoms with Crippen LogP contribution in [0.15, 0.2) is 85.5 Å².